The predicted octanol–water partition coefficient (Wildman–Crippen LogP) is 2.86. The van der Waals surface area contributed by atoms with Gasteiger partial charge in [0.2, 0.25) is 10.0 Å². The van der Waals surface area contributed by atoms with E-state index < -0.39 is 10.0 Å². The Hall–Kier alpha value is -0.910. The molecule has 0 aromatic heterocycles. The molecule has 1 aliphatic carbocycles. The number of rotatable bonds is 7. The minimum Gasteiger partial charge on any atom is -0.316 e. The number of sulfonamides is 1. The maximum absolute atomic E-state index is 11.2. The maximum atomic E-state index is 11.2. The van der Waals surface area contributed by atoms with Crippen LogP contribution in [0.2, 0.25) is 0 Å². The molecule has 0 bridgehead atoms. The van der Waals surface area contributed by atoms with E-state index in [-0.39, 0.29) is 11.2 Å². The van der Waals surface area contributed by atoms with E-state index in [1.807, 2.05) is 13.8 Å². The molecule has 1 saturated carbocycles. The summed E-state index contributed by atoms with van der Waals surface area (Å²) < 4.78 is 22.5. The highest BCUT2D eigenvalue weighted by atomic mass is 32.2. The molecular weight excluding hydrogens is 308 g/mol. The lowest BCUT2D eigenvalue weighted by Gasteiger charge is -2.30. The van der Waals surface area contributed by atoms with Gasteiger partial charge in [-0.2, -0.15) is 0 Å². The quantitative estimate of drug-likeness (QED) is 0.803. The lowest BCUT2D eigenvalue weighted by Crippen LogP contribution is -2.39. The summed E-state index contributed by atoms with van der Waals surface area (Å²) in [5.41, 5.74) is 1.14. The van der Waals surface area contributed by atoms with E-state index in [9.17, 15) is 8.42 Å². The van der Waals surface area contributed by atoms with Crippen LogP contribution in [0.3, 0.4) is 0 Å². The first-order valence-electron chi connectivity index (χ1n) is 8.51. The minimum absolute atomic E-state index is 0.0216. The van der Waals surface area contributed by atoms with Gasteiger partial charge >= 0.3 is 0 Å². The predicted molar refractivity (Wildman–Crippen MR) is 95.8 cm³/mol. The van der Waals surface area contributed by atoms with Gasteiger partial charge in [0.1, 0.15) is 0 Å². The number of nitrogens with two attached hydrogens (primary N) is 1. The summed E-state index contributed by atoms with van der Waals surface area (Å²) in [6.07, 6.45) is 4.97. The number of benzene rings is 1. The Kier molecular flexibility index (Phi) is 6.23. The Morgan fingerprint density at radius 1 is 1.13 bits per heavy atom. The summed E-state index contributed by atoms with van der Waals surface area (Å²) in [6, 6.07) is 10.8. The summed E-state index contributed by atoms with van der Waals surface area (Å²) in [6.45, 7) is 5.53. The summed E-state index contributed by atoms with van der Waals surface area (Å²) in [4.78, 5) is 0. The molecule has 0 atom stereocenters. The van der Waals surface area contributed by atoms with Crippen molar-refractivity contribution in [2.24, 2.45) is 16.5 Å². The zero-order chi connectivity index (χ0) is 16.9. The molecule has 0 spiro atoms. The van der Waals surface area contributed by atoms with Crippen LogP contribution in [0.1, 0.15) is 51.0 Å². The molecule has 0 aliphatic heterocycles. The fraction of sp³-hybridized carbons (Fsp3) is 0.667. The number of hydrogen-bond donors (Lipinski definition) is 2. The first-order chi connectivity index (χ1) is 10.8. The van der Waals surface area contributed by atoms with Crippen LogP contribution in [0.5, 0.6) is 0 Å². The lowest BCUT2D eigenvalue weighted by molar-refractivity contribution is 0.294. The van der Waals surface area contributed by atoms with Crippen molar-refractivity contribution >= 4 is 10.0 Å². The fourth-order valence-electron chi connectivity index (χ4n) is 3.64. The van der Waals surface area contributed by atoms with Gasteiger partial charge < -0.3 is 5.32 Å². The zero-order valence-electron chi connectivity index (χ0n) is 14.3. The van der Waals surface area contributed by atoms with Crippen molar-refractivity contribution in [1.29, 1.82) is 0 Å². The molecule has 1 aromatic rings. The third kappa shape index (κ3) is 6.61. The van der Waals surface area contributed by atoms with Gasteiger partial charge in [-0.3, -0.25) is 0 Å². The van der Waals surface area contributed by atoms with Gasteiger partial charge in [0.15, 0.2) is 0 Å². The van der Waals surface area contributed by atoms with Gasteiger partial charge in [0, 0.05) is 6.54 Å². The van der Waals surface area contributed by atoms with Crippen LogP contribution in [-0.4, -0.2) is 27.3 Å². The molecule has 5 heteroatoms. The van der Waals surface area contributed by atoms with Crippen LogP contribution in [0.15, 0.2) is 30.3 Å². The Labute approximate surface area is 140 Å². The average molecular weight is 339 g/mol. The smallest absolute Gasteiger partial charge is 0.209 e. The van der Waals surface area contributed by atoms with Crippen molar-refractivity contribution in [3.8, 4) is 0 Å². The standard InChI is InChI=1S/C18H30N2O2S/c1-18(2,14-23(19,21)22)13-20-12-15-8-10-17(11-9-15)16-6-4-3-5-7-16/h3-7,15,17,20H,8-14H2,1-2H3,(H2,19,21,22). The molecule has 0 amide bonds. The van der Waals surface area contributed by atoms with Crippen molar-refractivity contribution in [2.75, 3.05) is 18.8 Å². The van der Waals surface area contributed by atoms with Crippen LogP contribution >= 0.6 is 0 Å². The van der Waals surface area contributed by atoms with Gasteiger partial charge in [-0.25, -0.2) is 13.6 Å². The molecule has 1 fully saturated rings. The van der Waals surface area contributed by atoms with E-state index in [1.165, 1.54) is 31.2 Å². The van der Waals surface area contributed by atoms with E-state index in [4.69, 9.17) is 5.14 Å². The molecule has 0 radical (unpaired) electrons. The summed E-state index contributed by atoms with van der Waals surface area (Å²) in [5.74, 6) is 1.42. The second-order valence-electron chi connectivity index (χ2n) is 7.73. The van der Waals surface area contributed by atoms with Crippen molar-refractivity contribution < 1.29 is 8.42 Å². The lowest BCUT2D eigenvalue weighted by atomic mass is 9.78. The van der Waals surface area contributed by atoms with E-state index in [1.54, 1.807) is 0 Å². The molecule has 130 valence electrons. The van der Waals surface area contributed by atoms with Gasteiger partial charge in [-0.1, -0.05) is 44.2 Å². The molecule has 23 heavy (non-hydrogen) atoms. The van der Waals surface area contributed by atoms with Crippen LogP contribution < -0.4 is 10.5 Å². The number of nitrogens with one attached hydrogen (secondary N) is 1. The van der Waals surface area contributed by atoms with Crippen LogP contribution in [0.4, 0.5) is 0 Å². The van der Waals surface area contributed by atoms with Crippen molar-refractivity contribution in [3.63, 3.8) is 0 Å². The van der Waals surface area contributed by atoms with E-state index in [2.05, 4.69) is 35.6 Å². The van der Waals surface area contributed by atoms with E-state index >= 15 is 0 Å². The molecule has 1 aliphatic rings. The average Bonchev–Trinajstić information content (AvgIpc) is 2.46. The number of hydrogen-bond acceptors (Lipinski definition) is 3. The monoisotopic (exact) mass is 338 g/mol. The Balaban J connectivity index is 1.71. The Bertz CT molecular complexity index is 576. The van der Waals surface area contributed by atoms with Gasteiger partial charge in [-0.15, -0.1) is 0 Å². The zero-order valence-corrected chi connectivity index (χ0v) is 15.1. The third-order valence-corrected chi connectivity index (χ3v) is 5.93. The maximum Gasteiger partial charge on any atom is 0.209 e. The second-order valence-corrected chi connectivity index (χ2v) is 9.35. The third-order valence-electron chi connectivity index (χ3n) is 4.75. The molecule has 0 unspecified atom stereocenters. The highest BCUT2D eigenvalue weighted by molar-refractivity contribution is 7.89. The highest BCUT2D eigenvalue weighted by Gasteiger charge is 2.25. The minimum atomic E-state index is -3.42. The molecular formula is C18H30N2O2S. The van der Waals surface area contributed by atoms with Crippen LogP contribution in [0.25, 0.3) is 0 Å². The van der Waals surface area contributed by atoms with Gasteiger partial charge in [0.05, 0.1) is 5.75 Å². The van der Waals surface area contributed by atoms with Crippen molar-refractivity contribution in [2.45, 2.75) is 45.4 Å². The van der Waals surface area contributed by atoms with E-state index in [0.717, 1.165) is 6.54 Å². The first kappa shape index (κ1) is 18.4. The SMILES string of the molecule is CC(C)(CNCC1CCC(c2ccccc2)CC1)CS(N)(=O)=O. The molecule has 4 nitrogen and oxygen atoms in total. The van der Waals surface area contributed by atoms with Crippen LogP contribution in [-0.2, 0) is 10.0 Å². The summed E-state index contributed by atoms with van der Waals surface area (Å²) in [7, 11) is -3.42. The molecule has 0 heterocycles. The van der Waals surface area contributed by atoms with Gasteiger partial charge in [0.25, 0.3) is 0 Å². The largest absolute Gasteiger partial charge is 0.316 e. The first-order valence-corrected chi connectivity index (χ1v) is 10.2. The Morgan fingerprint density at radius 2 is 1.74 bits per heavy atom. The molecule has 1 aromatic carbocycles. The molecule has 2 rings (SSSR count). The molecule has 3 N–H and O–H groups in total. The van der Waals surface area contributed by atoms with Crippen molar-refractivity contribution in [1.82, 2.24) is 5.32 Å². The second kappa shape index (κ2) is 7.77. The summed E-state index contributed by atoms with van der Waals surface area (Å²) in [5, 5.41) is 8.60. The van der Waals surface area contributed by atoms with Crippen molar-refractivity contribution in [3.05, 3.63) is 35.9 Å². The highest BCUT2D eigenvalue weighted by Crippen LogP contribution is 2.35. The normalized spacial score (nSPS) is 22.9. The Morgan fingerprint density at radius 3 is 2.30 bits per heavy atom. The van der Waals surface area contributed by atoms with E-state index in [0.29, 0.717) is 18.4 Å². The molecule has 0 saturated heterocycles. The topological polar surface area (TPSA) is 72.2 Å². The summed E-state index contributed by atoms with van der Waals surface area (Å²) >= 11 is 0. The van der Waals surface area contributed by atoms with Gasteiger partial charge in [-0.05, 0) is 55.0 Å². The fourth-order valence-corrected chi connectivity index (χ4v) is 4.83. The van der Waals surface area contributed by atoms with Crippen LogP contribution in [0, 0.1) is 11.3 Å². The number of primary sulfonamides is 1.